The van der Waals surface area contributed by atoms with Crippen molar-refractivity contribution in [2.75, 3.05) is 25.6 Å². The molecule has 1 aromatic heterocycles. The third kappa shape index (κ3) is 5.35. The van der Waals surface area contributed by atoms with E-state index < -0.39 is 0 Å². The molecule has 1 atom stereocenters. The Hall–Kier alpha value is -0.320. The molecule has 1 N–H and O–H groups in total. The topological polar surface area (TPSA) is 34.1 Å². The highest BCUT2D eigenvalue weighted by atomic mass is 79.9. The van der Waals surface area contributed by atoms with Gasteiger partial charge < -0.3 is 10.1 Å². The van der Waals surface area contributed by atoms with E-state index in [1.807, 2.05) is 12.1 Å². The number of aromatic nitrogens is 1. The van der Waals surface area contributed by atoms with E-state index in [4.69, 9.17) is 16.3 Å². The molecule has 15 heavy (non-hydrogen) atoms. The number of alkyl halides is 1. The van der Waals surface area contributed by atoms with Crippen molar-refractivity contribution in [3.8, 4) is 0 Å². The van der Waals surface area contributed by atoms with Gasteiger partial charge >= 0.3 is 0 Å². The van der Waals surface area contributed by atoms with Crippen LogP contribution in [-0.4, -0.2) is 30.6 Å². The quantitative estimate of drug-likeness (QED) is 0.819. The minimum absolute atomic E-state index is 0.0537. The molecule has 3 nitrogen and oxygen atoms in total. The third-order valence-corrected chi connectivity index (χ3v) is 2.65. The highest BCUT2D eigenvalue weighted by Crippen LogP contribution is 2.11. The lowest BCUT2D eigenvalue weighted by Gasteiger charge is -2.09. The average molecular weight is 294 g/mol. The van der Waals surface area contributed by atoms with Crippen LogP contribution >= 0.6 is 27.5 Å². The molecule has 0 radical (unpaired) electrons. The normalized spacial score (nSPS) is 12.5. The summed E-state index contributed by atoms with van der Waals surface area (Å²) in [5.41, 5.74) is 0. The van der Waals surface area contributed by atoms with Gasteiger partial charge in [-0.2, -0.15) is 0 Å². The van der Waals surface area contributed by atoms with E-state index in [1.54, 1.807) is 13.3 Å². The molecule has 0 aromatic carbocycles. The number of methoxy groups -OCH3 is 1. The first-order valence-electron chi connectivity index (χ1n) is 4.71. The zero-order valence-corrected chi connectivity index (χ0v) is 10.9. The molecule has 1 heterocycles. The number of ether oxygens (including phenoxy) is 1. The van der Waals surface area contributed by atoms with Gasteiger partial charge in [-0.1, -0.05) is 0 Å². The lowest BCUT2D eigenvalue weighted by Crippen LogP contribution is -2.13. The van der Waals surface area contributed by atoms with E-state index >= 15 is 0 Å². The Morgan fingerprint density at radius 3 is 3.00 bits per heavy atom. The predicted octanol–water partition coefficient (Wildman–Crippen LogP) is 2.90. The van der Waals surface area contributed by atoms with Crippen LogP contribution in [0.15, 0.2) is 22.8 Å². The summed E-state index contributed by atoms with van der Waals surface area (Å²) in [5.74, 6) is 0.861. The van der Waals surface area contributed by atoms with Crippen LogP contribution < -0.4 is 5.32 Å². The maximum absolute atomic E-state index is 5.98. The summed E-state index contributed by atoms with van der Waals surface area (Å²) in [6.45, 7) is 1.38. The van der Waals surface area contributed by atoms with E-state index in [2.05, 4.69) is 26.2 Å². The lowest BCUT2D eigenvalue weighted by molar-refractivity contribution is 0.196. The van der Waals surface area contributed by atoms with Crippen molar-refractivity contribution in [2.45, 2.75) is 11.8 Å². The number of hydrogen-bond acceptors (Lipinski definition) is 3. The Bertz CT molecular complexity index is 281. The molecule has 84 valence electrons. The maximum Gasteiger partial charge on any atom is 0.125 e. The standard InChI is InChI=1S/C10H14BrClN2O/c1-15-7-9(12)4-5-13-10-3-2-8(11)6-14-10/h2-3,6,9H,4-5,7H2,1H3,(H,13,14). The molecular weight excluding hydrogens is 279 g/mol. The number of pyridine rings is 1. The van der Waals surface area contributed by atoms with Gasteiger partial charge in [0.1, 0.15) is 5.82 Å². The Labute approximate surface area is 103 Å². The first kappa shape index (κ1) is 12.7. The molecule has 5 heteroatoms. The Kier molecular flexibility index (Phi) is 5.98. The van der Waals surface area contributed by atoms with E-state index in [1.165, 1.54) is 0 Å². The first-order valence-corrected chi connectivity index (χ1v) is 5.93. The van der Waals surface area contributed by atoms with Gasteiger partial charge in [0.25, 0.3) is 0 Å². The predicted molar refractivity (Wildman–Crippen MR) is 66.6 cm³/mol. The highest BCUT2D eigenvalue weighted by Gasteiger charge is 2.03. The summed E-state index contributed by atoms with van der Waals surface area (Å²) >= 11 is 9.31. The summed E-state index contributed by atoms with van der Waals surface area (Å²) in [7, 11) is 1.65. The molecule has 1 aromatic rings. The van der Waals surface area contributed by atoms with E-state index in [0.29, 0.717) is 6.61 Å². The zero-order chi connectivity index (χ0) is 11.1. The van der Waals surface area contributed by atoms with Gasteiger partial charge in [0, 0.05) is 24.3 Å². The summed E-state index contributed by atoms with van der Waals surface area (Å²) in [6, 6.07) is 3.87. The molecule has 0 aliphatic carbocycles. The van der Waals surface area contributed by atoms with Crippen LogP contribution in [0.5, 0.6) is 0 Å². The lowest BCUT2D eigenvalue weighted by atomic mass is 10.3. The van der Waals surface area contributed by atoms with Crippen LogP contribution in [0.3, 0.4) is 0 Å². The van der Waals surface area contributed by atoms with Gasteiger partial charge in [-0.05, 0) is 34.5 Å². The molecule has 0 saturated carbocycles. The van der Waals surface area contributed by atoms with Crippen molar-refractivity contribution in [1.82, 2.24) is 4.98 Å². The fourth-order valence-corrected chi connectivity index (χ4v) is 1.57. The van der Waals surface area contributed by atoms with Crippen LogP contribution in [0.2, 0.25) is 0 Å². The van der Waals surface area contributed by atoms with E-state index in [9.17, 15) is 0 Å². The van der Waals surface area contributed by atoms with Crippen LogP contribution in [-0.2, 0) is 4.74 Å². The third-order valence-electron chi connectivity index (χ3n) is 1.84. The van der Waals surface area contributed by atoms with Crippen LogP contribution in [0.4, 0.5) is 5.82 Å². The number of nitrogens with one attached hydrogen (secondary N) is 1. The largest absolute Gasteiger partial charge is 0.383 e. The van der Waals surface area contributed by atoms with Crippen LogP contribution in [0.25, 0.3) is 0 Å². The number of hydrogen-bond donors (Lipinski definition) is 1. The van der Waals surface area contributed by atoms with Gasteiger partial charge in [0.15, 0.2) is 0 Å². The molecule has 1 unspecified atom stereocenters. The number of anilines is 1. The summed E-state index contributed by atoms with van der Waals surface area (Å²) < 4.78 is 5.92. The SMILES string of the molecule is COCC(Cl)CCNc1ccc(Br)cn1. The minimum Gasteiger partial charge on any atom is -0.383 e. The van der Waals surface area contributed by atoms with Gasteiger partial charge in [0.05, 0.1) is 12.0 Å². The average Bonchev–Trinajstić information content (AvgIpc) is 2.21. The Morgan fingerprint density at radius 2 is 2.40 bits per heavy atom. The Balaban J connectivity index is 2.22. The summed E-state index contributed by atoms with van der Waals surface area (Å²) in [6.07, 6.45) is 2.61. The van der Waals surface area contributed by atoms with Crippen molar-refractivity contribution in [2.24, 2.45) is 0 Å². The van der Waals surface area contributed by atoms with Crippen molar-refractivity contribution in [3.05, 3.63) is 22.8 Å². The van der Waals surface area contributed by atoms with Crippen molar-refractivity contribution in [1.29, 1.82) is 0 Å². The van der Waals surface area contributed by atoms with Gasteiger partial charge in [-0.25, -0.2) is 4.98 Å². The van der Waals surface area contributed by atoms with Gasteiger partial charge in [0.2, 0.25) is 0 Å². The van der Waals surface area contributed by atoms with Crippen molar-refractivity contribution in [3.63, 3.8) is 0 Å². The van der Waals surface area contributed by atoms with Crippen molar-refractivity contribution >= 4 is 33.3 Å². The first-order chi connectivity index (χ1) is 7.22. The molecule has 0 aliphatic rings. The fourth-order valence-electron chi connectivity index (χ4n) is 1.10. The smallest absolute Gasteiger partial charge is 0.125 e. The maximum atomic E-state index is 5.98. The second-order valence-corrected chi connectivity index (χ2v) is 4.66. The fraction of sp³-hybridized carbons (Fsp3) is 0.500. The number of rotatable bonds is 6. The monoisotopic (exact) mass is 292 g/mol. The number of halogens is 2. The molecule has 1 rings (SSSR count). The van der Waals surface area contributed by atoms with Gasteiger partial charge in [-0.3, -0.25) is 0 Å². The minimum atomic E-state index is 0.0537. The zero-order valence-electron chi connectivity index (χ0n) is 8.54. The van der Waals surface area contributed by atoms with Crippen molar-refractivity contribution < 1.29 is 4.74 Å². The molecule has 0 fully saturated rings. The summed E-state index contributed by atoms with van der Waals surface area (Å²) in [5, 5.41) is 3.24. The van der Waals surface area contributed by atoms with E-state index in [0.717, 1.165) is 23.3 Å². The molecule has 0 aliphatic heterocycles. The van der Waals surface area contributed by atoms with Gasteiger partial charge in [-0.15, -0.1) is 11.6 Å². The molecular formula is C10H14BrClN2O. The van der Waals surface area contributed by atoms with Crippen LogP contribution in [0, 0.1) is 0 Å². The second-order valence-electron chi connectivity index (χ2n) is 3.13. The Morgan fingerprint density at radius 1 is 1.60 bits per heavy atom. The van der Waals surface area contributed by atoms with E-state index in [-0.39, 0.29) is 5.38 Å². The van der Waals surface area contributed by atoms with Crippen LogP contribution in [0.1, 0.15) is 6.42 Å². The molecule has 0 saturated heterocycles. The summed E-state index contributed by atoms with van der Waals surface area (Å²) in [4.78, 5) is 4.19. The molecule has 0 bridgehead atoms. The molecule has 0 amide bonds. The number of nitrogens with zero attached hydrogens (tertiary/aromatic N) is 1. The highest BCUT2D eigenvalue weighted by molar-refractivity contribution is 9.10. The molecule has 0 spiro atoms. The second kappa shape index (κ2) is 7.04.